The Morgan fingerprint density at radius 3 is 2.60 bits per heavy atom. The van der Waals surface area contributed by atoms with Crippen molar-refractivity contribution < 1.29 is 8.42 Å². The van der Waals surface area contributed by atoms with Crippen molar-refractivity contribution >= 4 is 25.8 Å². The van der Waals surface area contributed by atoms with Crippen molar-refractivity contribution in [1.29, 1.82) is 0 Å². The average Bonchev–Trinajstić information content (AvgIpc) is 2.35. The number of halogens is 1. The van der Waals surface area contributed by atoms with Gasteiger partial charge in [0.15, 0.2) is 0 Å². The maximum atomic E-state index is 11.2. The number of hydrogen-bond donors (Lipinski definition) is 1. The zero-order chi connectivity index (χ0) is 15.2. The van der Waals surface area contributed by atoms with Gasteiger partial charge >= 0.3 is 0 Å². The smallest absolute Gasteiger partial charge is 0.147 e. The maximum absolute atomic E-state index is 11.2. The van der Waals surface area contributed by atoms with E-state index >= 15 is 0 Å². The molecule has 0 saturated carbocycles. The van der Waals surface area contributed by atoms with Crippen molar-refractivity contribution in [2.24, 2.45) is 0 Å². The number of benzene rings is 1. The van der Waals surface area contributed by atoms with E-state index in [1.807, 2.05) is 0 Å². The van der Waals surface area contributed by atoms with Crippen molar-refractivity contribution in [1.82, 2.24) is 5.32 Å². The van der Waals surface area contributed by atoms with Crippen LogP contribution >= 0.6 is 15.9 Å². The summed E-state index contributed by atoms with van der Waals surface area (Å²) in [5.41, 5.74) is 2.43. The molecule has 0 heterocycles. The van der Waals surface area contributed by atoms with Crippen molar-refractivity contribution in [2.45, 2.75) is 39.2 Å². The predicted octanol–water partition coefficient (Wildman–Crippen LogP) is 3.62. The number of rotatable bonds is 8. The lowest BCUT2D eigenvalue weighted by Crippen LogP contribution is -2.23. The standard InChI is InChI=1S/C15H24BrNO2S/c1-4-9-17-15(6-5-10-20(3,18)19)13-7-8-14(16)12(2)11-13/h7-8,11,15,17H,4-6,9-10H2,1-3H3. The lowest BCUT2D eigenvalue weighted by atomic mass is 10.0. The molecule has 1 rings (SSSR count). The van der Waals surface area contributed by atoms with Crippen molar-refractivity contribution in [3.8, 4) is 0 Å². The molecule has 0 bridgehead atoms. The van der Waals surface area contributed by atoms with E-state index in [-0.39, 0.29) is 11.8 Å². The zero-order valence-corrected chi connectivity index (χ0v) is 14.9. The largest absolute Gasteiger partial charge is 0.310 e. The maximum Gasteiger partial charge on any atom is 0.147 e. The van der Waals surface area contributed by atoms with Crippen LogP contribution in [0.5, 0.6) is 0 Å². The summed E-state index contributed by atoms with van der Waals surface area (Å²) in [6.07, 6.45) is 3.90. The summed E-state index contributed by atoms with van der Waals surface area (Å²) in [4.78, 5) is 0. The van der Waals surface area contributed by atoms with Gasteiger partial charge in [-0.1, -0.05) is 35.0 Å². The highest BCUT2D eigenvalue weighted by atomic mass is 79.9. The minimum atomic E-state index is -2.87. The van der Waals surface area contributed by atoms with Crippen LogP contribution in [0.15, 0.2) is 22.7 Å². The summed E-state index contributed by atoms with van der Waals surface area (Å²) >= 11 is 3.51. The van der Waals surface area contributed by atoms with E-state index < -0.39 is 9.84 Å². The Labute approximate surface area is 131 Å². The van der Waals surface area contributed by atoms with E-state index in [1.165, 1.54) is 17.4 Å². The molecule has 0 aliphatic heterocycles. The van der Waals surface area contributed by atoms with Gasteiger partial charge in [-0.2, -0.15) is 0 Å². The van der Waals surface area contributed by atoms with Crippen molar-refractivity contribution in [2.75, 3.05) is 18.6 Å². The first-order valence-electron chi connectivity index (χ1n) is 7.00. The third-order valence-electron chi connectivity index (χ3n) is 3.23. The molecule has 1 aromatic carbocycles. The van der Waals surface area contributed by atoms with Gasteiger partial charge in [-0.3, -0.25) is 0 Å². The first kappa shape index (κ1) is 17.7. The number of aryl methyl sites for hydroxylation is 1. The quantitative estimate of drug-likeness (QED) is 0.768. The molecule has 1 unspecified atom stereocenters. The molecule has 0 radical (unpaired) electrons. The van der Waals surface area contributed by atoms with Crippen LogP contribution in [0.25, 0.3) is 0 Å². The van der Waals surface area contributed by atoms with Gasteiger partial charge in [0.25, 0.3) is 0 Å². The SMILES string of the molecule is CCCNC(CCCS(C)(=O)=O)c1ccc(Br)c(C)c1. The first-order valence-corrected chi connectivity index (χ1v) is 9.86. The Balaban J connectivity index is 2.74. The average molecular weight is 362 g/mol. The van der Waals surface area contributed by atoms with Gasteiger partial charge in [-0.05, 0) is 49.9 Å². The van der Waals surface area contributed by atoms with Crippen LogP contribution in [0.3, 0.4) is 0 Å². The van der Waals surface area contributed by atoms with Gasteiger partial charge < -0.3 is 5.32 Å². The second-order valence-corrected chi connectivity index (χ2v) is 8.40. The summed E-state index contributed by atoms with van der Waals surface area (Å²) < 4.78 is 23.6. The molecule has 0 aliphatic carbocycles. The number of nitrogens with one attached hydrogen (secondary N) is 1. The van der Waals surface area contributed by atoms with E-state index in [1.54, 1.807) is 0 Å². The third-order valence-corrected chi connectivity index (χ3v) is 5.15. The predicted molar refractivity (Wildman–Crippen MR) is 88.9 cm³/mol. The normalized spacial score (nSPS) is 13.4. The first-order chi connectivity index (χ1) is 9.33. The van der Waals surface area contributed by atoms with E-state index in [0.29, 0.717) is 6.42 Å². The van der Waals surface area contributed by atoms with Gasteiger partial charge in [0.05, 0.1) is 0 Å². The summed E-state index contributed by atoms with van der Waals surface area (Å²) in [6.45, 7) is 5.15. The fourth-order valence-corrected chi connectivity index (χ4v) is 3.08. The highest BCUT2D eigenvalue weighted by Gasteiger charge is 2.13. The third kappa shape index (κ3) is 6.37. The molecule has 114 valence electrons. The van der Waals surface area contributed by atoms with Crippen molar-refractivity contribution in [3.63, 3.8) is 0 Å². The summed E-state index contributed by atoms with van der Waals surface area (Å²) in [5, 5.41) is 3.51. The Hall–Kier alpha value is -0.390. The second kappa shape index (κ2) is 8.15. The van der Waals surface area contributed by atoms with E-state index in [4.69, 9.17) is 0 Å². The molecule has 0 spiro atoms. The number of hydrogen-bond acceptors (Lipinski definition) is 3. The molecule has 5 heteroatoms. The topological polar surface area (TPSA) is 46.2 Å². The van der Waals surface area contributed by atoms with Gasteiger partial charge in [0.1, 0.15) is 9.84 Å². The fourth-order valence-electron chi connectivity index (χ4n) is 2.14. The van der Waals surface area contributed by atoms with Crippen LogP contribution < -0.4 is 5.32 Å². The molecule has 1 N–H and O–H groups in total. The van der Waals surface area contributed by atoms with Crippen LogP contribution in [0, 0.1) is 6.92 Å². The lowest BCUT2D eigenvalue weighted by Gasteiger charge is -2.19. The summed E-state index contributed by atoms with van der Waals surface area (Å²) in [6, 6.07) is 6.55. The Bertz CT molecular complexity index is 529. The summed E-state index contributed by atoms with van der Waals surface area (Å²) in [7, 11) is -2.87. The van der Waals surface area contributed by atoms with Gasteiger partial charge in [0, 0.05) is 22.5 Å². The Morgan fingerprint density at radius 1 is 1.35 bits per heavy atom. The van der Waals surface area contributed by atoms with Crippen LogP contribution in [0.4, 0.5) is 0 Å². The molecule has 20 heavy (non-hydrogen) atoms. The molecule has 1 atom stereocenters. The van der Waals surface area contributed by atoms with Gasteiger partial charge in [-0.15, -0.1) is 0 Å². The van der Waals surface area contributed by atoms with Gasteiger partial charge in [0.2, 0.25) is 0 Å². The minimum Gasteiger partial charge on any atom is -0.310 e. The van der Waals surface area contributed by atoms with Crippen LogP contribution in [-0.2, 0) is 9.84 Å². The zero-order valence-electron chi connectivity index (χ0n) is 12.4. The molecule has 0 fully saturated rings. The van der Waals surface area contributed by atoms with Crippen molar-refractivity contribution in [3.05, 3.63) is 33.8 Å². The number of sulfone groups is 1. The molecule has 0 aromatic heterocycles. The van der Waals surface area contributed by atoms with Crippen LogP contribution in [0.2, 0.25) is 0 Å². The minimum absolute atomic E-state index is 0.225. The molecule has 0 amide bonds. The summed E-state index contributed by atoms with van der Waals surface area (Å²) in [5.74, 6) is 0.257. The van der Waals surface area contributed by atoms with Crippen LogP contribution in [0.1, 0.15) is 43.4 Å². The molecular formula is C15H24BrNO2S. The Morgan fingerprint density at radius 2 is 2.05 bits per heavy atom. The fraction of sp³-hybridized carbons (Fsp3) is 0.600. The Kier molecular flexibility index (Phi) is 7.20. The van der Waals surface area contributed by atoms with Crippen LogP contribution in [-0.4, -0.2) is 27.0 Å². The molecule has 1 aromatic rings. The molecular weight excluding hydrogens is 338 g/mol. The van der Waals surface area contributed by atoms with E-state index in [0.717, 1.165) is 23.9 Å². The highest BCUT2D eigenvalue weighted by Crippen LogP contribution is 2.24. The molecule has 3 nitrogen and oxygen atoms in total. The van der Waals surface area contributed by atoms with E-state index in [9.17, 15) is 8.42 Å². The molecule has 0 aliphatic rings. The molecule has 0 saturated heterocycles. The highest BCUT2D eigenvalue weighted by molar-refractivity contribution is 9.10. The van der Waals surface area contributed by atoms with E-state index in [2.05, 4.69) is 53.3 Å². The van der Waals surface area contributed by atoms with Gasteiger partial charge in [-0.25, -0.2) is 8.42 Å². The second-order valence-electron chi connectivity index (χ2n) is 5.29. The lowest BCUT2D eigenvalue weighted by molar-refractivity contribution is 0.492. The monoisotopic (exact) mass is 361 g/mol.